The lowest BCUT2D eigenvalue weighted by molar-refractivity contribution is -0.140. The van der Waals surface area contributed by atoms with Crippen LogP contribution in [0.2, 0.25) is 0 Å². The third-order valence-corrected chi connectivity index (χ3v) is 4.02. The van der Waals surface area contributed by atoms with Crippen molar-refractivity contribution in [1.29, 1.82) is 0 Å². The molecule has 0 N–H and O–H groups in total. The maximum absolute atomic E-state index is 12.4. The van der Waals surface area contributed by atoms with Crippen LogP contribution >= 0.6 is 0 Å². The lowest BCUT2D eigenvalue weighted by Crippen LogP contribution is -2.43. The van der Waals surface area contributed by atoms with Gasteiger partial charge >= 0.3 is 0 Å². The Kier molecular flexibility index (Phi) is 3.59. The van der Waals surface area contributed by atoms with Crippen molar-refractivity contribution in [2.45, 2.75) is 47.5 Å². The monoisotopic (exact) mass is 212 g/mol. The van der Waals surface area contributed by atoms with Crippen molar-refractivity contribution in [2.75, 3.05) is 13.2 Å². The zero-order valence-corrected chi connectivity index (χ0v) is 10.7. The van der Waals surface area contributed by atoms with E-state index in [-0.39, 0.29) is 16.7 Å². The third-order valence-electron chi connectivity index (χ3n) is 4.02. The van der Waals surface area contributed by atoms with Gasteiger partial charge in [0.05, 0.1) is 6.61 Å². The summed E-state index contributed by atoms with van der Waals surface area (Å²) in [4.78, 5) is 12.4. The van der Waals surface area contributed by atoms with Gasteiger partial charge in [0.15, 0.2) is 0 Å². The highest BCUT2D eigenvalue weighted by Crippen LogP contribution is 2.41. The summed E-state index contributed by atoms with van der Waals surface area (Å²) in [5.74, 6) is 0.489. The topological polar surface area (TPSA) is 26.3 Å². The molecular formula is C13H24O2. The minimum atomic E-state index is -0.266. The lowest BCUT2D eigenvalue weighted by atomic mass is 9.64. The zero-order chi connectivity index (χ0) is 11.7. The van der Waals surface area contributed by atoms with E-state index in [2.05, 4.69) is 34.6 Å². The molecule has 2 heteroatoms. The molecule has 15 heavy (non-hydrogen) atoms. The summed E-state index contributed by atoms with van der Waals surface area (Å²) < 4.78 is 5.39. The first-order valence-electron chi connectivity index (χ1n) is 5.89. The van der Waals surface area contributed by atoms with Gasteiger partial charge in [-0.2, -0.15) is 0 Å². The van der Waals surface area contributed by atoms with Gasteiger partial charge in [-0.05, 0) is 18.3 Å². The van der Waals surface area contributed by atoms with Gasteiger partial charge in [-0.1, -0.05) is 34.6 Å². The van der Waals surface area contributed by atoms with E-state index >= 15 is 0 Å². The lowest BCUT2D eigenvalue weighted by Gasteiger charge is -2.40. The molecule has 0 aromatic carbocycles. The second-order valence-corrected chi connectivity index (χ2v) is 6.15. The van der Waals surface area contributed by atoms with Gasteiger partial charge in [-0.15, -0.1) is 0 Å². The molecule has 0 radical (unpaired) electrons. The molecule has 1 fully saturated rings. The Morgan fingerprint density at radius 3 is 2.20 bits per heavy atom. The first-order chi connectivity index (χ1) is 6.77. The molecule has 1 unspecified atom stereocenters. The van der Waals surface area contributed by atoms with Gasteiger partial charge in [0.1, 0.15) is 5.78 Å². The fourth-order valence-electron chi connectivity index (χ4n) is 1.83. The summed E-state index contributed by atoms with van der Waals surface area (Å²) in [6, 6.07) is 0. The Morgan fingerprint density at radius 1 is 1.20 bits per heavy atom. The van der Waals surface area contributed by atoms with E-state index < -0.39 is 0 Å². The number of hydrogen-bond acceptors (Lipinski definition) is 2. The quantitative estimate of drug-likeness (QED) is 0.703. The standard InChI is InChI=1S/C13H24O2/c1-12(2,3)13(4,5)11(14)10-7-6-8-15-9-10/h10H,6-9H2,1-5H3. The van der Waals surface area contributed by atoms with E-state index in [4.69, 9.17) is 4.74 Å². The van der Waals surface area contributed by atoms with Crippen molar-refractivity contribution in [1.82, 2.24) is 0 Å². The average Bonchev–Trinajstić information content (AvgIpc) is 2.16. The number of ketones is 1. The Bertz CT molecular complexity index is 229. The Labute approximate surface area is 93.4 Å². The molecule has 2 nitrogen and oxygen atoms in total. The van der Waals surface area contributed by atoms with Crippen LogP contribution in [-0.4, -0.2) is 19.0 Å². The number of ether oxygens (including phenoxy) is 1. The highest BCUT2D eigenvalue weighted by molar-refractivity contribution is 5.87. The van der Waals surface area contributed by atoms with E-state index in [1.165, 1.54) is 0 Å². The van der Waals surface area contributed by atoms with Crippen LogP contribution in [0.15, 0.2) is 0 Å². The first kappa shape index (κ1) is 12.7. The van der Waals surface area contributed by atoms with Crippen molar-refractivity contribution < 1.29 is 9.53 Å². The van der Waals surface area contributed by atoms with Crippen LogP contribution in [0.25, 0.3) is 0 Å². The summed E-state index contributed by atoms with van der Waals surface area (Å²) in [5.41, 5.74) is -0.250. The Balaban J connectivity index is 2.74. The van der Waals surface area contributed by atoms with Crippen LogP contribution in [-0.2, 0) is 9.53 Å². The predicted molar refractivity (Wildman–Crippen MR) is 61.8 cm³/mol. The molecule has 1 heterocycles. The van der Waals surface area contributed by atoms with Gasteiger partial charge in [-0.3, -0.25) is 4.79 Å². The van der Waals surface area contributed by atoms with Crippen molar-refractivity contribution >= 4 is 5.78 Å². The number of carbonyl (C=O) groups excluding carboxylic acids is 1. The van der Waals surface area contributed by atoms with Gasteiger partial charge in [-0.25, -0.2) is 0 Å². The molecule has 1 atom stereocenters. The van der Waals surface area contributed by atoms with Crippen LogP contribution in [0.5, 0.6) is 0 Å². The summed E-state index contributed by atoms with van der Waals surface area (Å²) in [5, 5.41) is 0. The summed E-state index contributed by atoms with van der Waals surface area (Å²) >= 11 is 0. The van der Waals surface area contributed by atoms with Crippen LogP contribution in [0.3, 0.4) is 0 Å². The van der Waals surface area contributed by atoms with E-state index in [0.29, 0.717) is 12.4 Å². The normalized spacial score (nSPS) is 23.9. The second-order valence-electron chi connectivity index (χ2n) is 6.15. The molecule has 0 aromatic rings. The highest BCUT2D eigenvalue weighted by atomic mass is 16.5. The maximum atomic E-state index is 12.4. The van der Waals surface area contributed by atoms with E-state index in [1.807, 2.05) is 0 Å². The Morgan fingerprint density at radius 2 is 1.80 bits per heavy atom. The van der Waals surface area contributed by atoms with Crippen LogP contribution in [0.4, 0.5) is 0 Å². The maximum Gasteiger partial charge on any atom is 0.144 e. The van der Waals surface area contributed by atoms with Crippen molar-refractivity contribution in [3.8, 4) is 0 Å². The molecule has 1 saturated heterocycles. The molecule has 0 amide bonds. The van der Waals surface area contributed by atoms with Crippen LogP contribution < -0.4 is 0 Å². The number of carbonyl (C=O) groups is 1. The predicted octanol–water partition coefficient (Wildman–Crippen LogP) is 3.05. The molecule has 0 aromatic heterocycles. The van der Waals surface area contributed by atoms with Gasteiger partial charge in [0.2, 0.25) is 0 Å². The van der Waals surface area contributed by atoms with Crippen LogP contribution in [0.1, 0.15) is 47.5 Å². The van der Waals surface area contributed by atoms with E-state index in [0.717, 1.165) is 19.4 Å². The van der Waals surface area contributed by atoms with Gasteiger partial charge in [0, 0.05) is 17.9 Å². The third kappa shape index (κ3) is 2.60. The highest BCUT2D eigenvalue weighted by Gasteiger charge is 2.42. The van der Waals surface area contributed by atoms with Crippen molar-refractivity contribution in [3.63, 3.8) is 0 Å². The molecule has 0 spiro atoms. The fraction of sp³-hybridized carbons (Fsp3) is 0.923. The van der Waals surface area contributed by atoms with Crippen molar-refractivity contribution in [2.24, 2.45) is 16.7 Å². The molecule has 1 rings (SSSR count). The molecule has 1 aliphatic heterocycles. The van der Waals surface area contributed by atoms with Crippen molar-refractivity contribution in [3.05, 3.63) is 0 Å². The van der Waals surface area contributed by atoms with E-state index in [9.17, 15) is 4.79 Å². The molecule has 0 bridgehead atoms. The summed E-state index contributed by atoms with van der Waals surface area (Å²) in [6.45, 7) is 12.0. The molecule has 0 saturated carbocycles. The largest absolute Gasteiger partial charge is 0.381 e. The summed E-state index contributed by atoms with van der Waals surface area (Å²) in [7, 11) is 0. The molecule has 0 aliphatic carbocycles. The average molecular weight is 212 g/mol. The van der Waals surface area contributed by atoms with E-state index in [1.54, 1.807) is 0 Å². The first-order valence-corrected chi connectivity index (χ1v) is 5.89. The number of hydrogen-bond donors (Lipinski definition) is 0. The smallest absolute Gasteiger partial charge is 0.144 e. The summed E-state index contributed by atoms with van der Waals surface area (Å²) in [6.07, 6.45) is 2.02. The zero-order valence-electron chi connectivity index (χ0n) is 10.7. The second kappa shape index (κ2) is 4.25. The number of rotatable bonds is 2. The SMILES string of the molecule is CC(C)(C)C(C)(C)C(=O)C1CCCOC1. The minimum absolute atomic E-state index is 0.0154. The van der Waals surface area contributed by atoms with Crippen LogP contribution in [0, 0.1) is 16.7 Å². The number of Topliss-reactive ketones (excluding diaryl/α,β-unsaturated/α-hetero) is 1. The van der Waals surface area contributed by atoms with Gasteiger partial charge < -0.3 is 4.74 Å². The molecule has 88 valence electrons. The van der Waals surface area contributed by atoms with Gasteiger partial charge in [0.25, 0.3) is 0 Å². The Hall–Kier alpha value is -0.370. The fourth-order valence-corrected chi connectivity index (χ4v) is 1.83. The molecular weight excluding hydrogens is 188 g/mol. The minimum Gasteiger partial charge on any atom is -0.381 e. The molecule has 1 aliphatic rings.